The molecule has 1 amide bonds. The Morgan fingerprint density at radius 3 is 2.46 bits per heavy atom. The maximum absolute atomic E-state index is 13.2. The Labute approximate surface area is 155 Å². The van der Waals surface area contributed by atoms with Crippen LogP contribution in [-0.4, -0.2) is 92.8 Å². The van der Waals surface area contributed by atoms with Crippen LogP contribution in [-0.2, 0) is 4.79 Å². The van der Waals surface area contributed by atoms with Crippen molar-refractivity contribution in [3.8, 4) is 0 Å². The van der Waals surface area contributed by atoms with Crippen molar-refractivity contribution in [1.29, 1.82) is 0 Å². The molecule has 2 aliphatic heterocycles. The zero-order chi connectivity index (χ0) is 18.9. The summed E-state index contributed by atoms with van der Waals surface area (Å²) in [5, 5.41) is 14.5. The summed E-state index contributed by atoms with van der Waals surface area (Å²) < 4.78 is 13.2. The molecule has 2 saturated heterocycles. The van der Waals surface area contributed by atoms with Crippen molar-refractivity contribution in [3.63, 3.8) is 0 Å². The van der Waals surface area contributed by atoms with Crippen LogP contribution in [0.5, 0.6) is 0 Å². The van der Waals surface area contributed by atoms with E-state index in [-0.39, 0.29) is 5.91 Å². The molecule has 0 radical (unpaired) electrons. The molecular weight excluding hydrogens is 337 g/mol. The Morgan fingerprint density at radius 1 is 1.23 bits per heavy atom. The average Bonchev–Trinajstić information content (AvgIpc) is 2.64. The van der Waals surface area contributed by atoms with Crippen LogP contribution in [0.2, 0.25) is 0 Å². The van der Waals surface area contributed by atoms with E-state index in [9.17, 15) is 9.18 Å². The number of aliphatic imine (C=N–C) groups is 1. The van der Waals surface area contributed by atoms with E-state index in [0.29, 0.717) is 18.5 Å². The molecule has 0 spiro atoms. The van der Waals surface area contributed by atoms with Gasteiger partial charge in [0.1, 0.15) is 6.17 Å². The largest absolute Gasteiger partial charge is 0.352 e. The Hall–Kier alpha value is -1.61. The lowest BCUT2D eigenvalue weighted by atomic mass is 10.1. The Bertz CT molecular complexity index is 497. The Kier molecular flexibility index (Phi) is 8.37. The zero-order valence-corrected chi connectivity index (χ0v) is 16.1. The third kappa shape index (κ3) is 6.60. The molecule has 9 heteroatoms. The number of rotatable bonds is 5. The number of hydrogen-bond acceptors (Lipinski definition) is 5. The third-order valence-electron chi connectivity index (χ3n) is 4.92. The fraction of sp³-hybridized carbons (Fsp3) is 0.882. The van der Waals surface area contributed by atoms with Crippen molar-refractivity contribution < 1.29 is 9.18 Å². The molecule has 0 aromatic carbocycles. The van der Waals surface area contributed by atoms with Gasteiger partial charge in [0.2, 0.25) is 11.9 Å². The summed E-state index contributed by atoms with van der Waals surface area (Å²) in [5.41, 5.74) is 0. The van der Waals surface area contributed by atoms with Crippen LogP contribution in [0.15, 0.2) is 15.2 Å². The van der Waals surface area contributed by atoms with Crippen LogP contribution in [0.1, 0.15) is 26.7 Å². The molecule has 2 fully saturated rings. The van der Waals surface area contributed by atoms with Crippen molar-refractivity contribution in [2.45, 2.75) is 44.9 Å². The molecule has 0 aliphatic carbocycles. The topological polar surface area (TPSA) is 84.7 Å². The SMILES string of the molecule is CN=C(N=NC(C)C(C)F)N1CCN(CC(=O)NC2CCNCC2)CC1. The van der Waals surface area contributed by atoms with Gasteiger partial charge in [-0.2, -0.15) is 5.11 Å². The molecule has 0 saturated carbocycles. The molecule has 0 bridgehead atoms. The van der Waals surface area contributed by atoms with Crippen LogP contribution in [0.3, 0.4) is 0 Å². The summed E-state index contributed by atoms with van der Waals surface area (Å²) in [6.45, 7) is 8.52. The highest BCUT2D eigenvalue weighted by molar-refractivity contribution is 5.80. The molecular formula is C17H32FN7O. The molecule has 2 N–H and O–H groups in total. The molecule has 8 nitrogen and oxygen atoms in total. The molecule has 2 rings (SSSR count). The smallest absolute Gasteiger partial charge is 0.240 e. The molecule has 2 unspecified atom stereocenters. The van der Waals surface area contributed by atoms with Crippen LogP contribution in [0, 0.1) is 0 Å². The van der Waals surface area contributed by atoms with Crippen LogP contribution >= 0.6 is 0 Å². The van der Waals surface area contributed by atoms with Gasteiger partial charge in [0, 0.05) is 39.3 Å². The van der Waals surface area contributed by atoms with Crippen LogP contribution < -0.4 is 10.6 Å². The van der Waals surface area contributed by atoms with Crippen LogP contribution in [0.4, 0.5) is 4.39 Å². The molecule has 2 aliphatic rings. The molecule has 0 aromatic heterocycles. The van der Waals surface area contributed by atoms with Gasteiger partial charge in [-0.1, -0.05) is 0 Å². The minimum atomic E-state index is -1.04. The van der Waals surface area contributed by atoms with Crippen molar-refractivity contribution in [2.75, 3.05) is 52.9 Å². The van der Waals surface area contributed by atoms with Crippen molar-refractivity contribution in [1.82, 2.24) is 20.4 Å². The number of carbonyl (C=O) groups is 1. The summed E-state index contributed by atoms with van der Waals surface area (Å²) >= 11 is 0. The summed E-state index contributed by atoms with van der Waals surface area (Å²) in [5.74, 6) is 0.622. The number of halogens is 1. The summed E-state index contributed by atoms with van der Waals surface area (Å²) in [4.78, 5) is 20.5. The zero-order valence-electron chi connectivity index (χ0n) is 16.1. The highest BCUT2D eigenvalue weighted by Gasteiger charge is 2.23. The predicted molar refractivity (Wildman–Crippen MR) is 100 cm³/mol. The lowest BCUT2D eigenvalue weighted by Gasteiger charge is -2.35. The van der Waals surface area contributed by atoms with Crippen molar-refractivity contribution in [2.24, 2.45) is 15.2 Å². The fourth-order valence-corrected chi connectivity index (χ4v) is 3.03. The summed E-state index contributed by atoms with van der Waals surface area (Å²) in [6.07, 6.45) is 0.959. The second-order valence-corrected chi connectivity index (χ2v) is 7.01. The second kappa shape index (κ2) is 10.5. The van der Waals surface area contributed by atoms with E-state index in [2.05, 4.69) is 30.8 Å². The van der Waals surface area contributed by atoms with E-state index < -0.39 is 12.2 Å². The van der Waals surface area contributed by atoms with E-state index in [0.717, 1.165) is 52.1 Å². The third-order valence-corrected chi connectivity index (χ3v) is 4.92. The standard InChI is InChI=1S/C17H32FN7O/c1-13(18)14(2)22-23-17(19-3)25-10-8-24(9-11-25)12-16(26)21-15-4-6-20-7-5-15/h13-15,20H,4-12H2,1-3H3,(H,21,26). The first kappa shape index (κ1) is 20.7. The number of piperazine rings is 1. The lowest BCUT2D eigenvalue weighted by Crippen LogP contribution is -2.52. The fourth-order valence-electron chi connectivity index (χ4n) is 3.03. The van der Waals surface area contributed by atoms with Gasteiger partial charge < -0.3 is 15.5 Å². The molecule has 2 heterocycles. The number of hydrogen-bond donors (Lipinski definition) is 2. The van der Waals surface area contributed by atoms with E-state index >= 15 is 0 Å². The van der Waals surface area contributed by atoms with Gasteiger partial charge >= 0.3 is 0 Å². The van der Waals surface area contributed by atoms with Gasteiger partial charge in [-0.25, -0.2) is 4.39 Å². The first-order valence-electron chi connectivity index (χ1n) is 9.48. The average molecular weight is 369 g/mol. The lowest BCUT2D eigenvalue weighted by molar-refractivity contribution is -0.123. The van der Waals surface area contributed by atoms with Gasteiger partial charge in [0.25, 0.3) is 0 Å². The van der Waals surface area contributed by atoms with Gasteiger partial charge in [0.05, 0.1) is 12.6 Å². The number of alkyl halides is 1. The Morgan fingerprint density at radius 2 is 1.88 bits per heavy atom. The second-order valence-electron chi connectivity index (χ2n) is 7.01. The first-order chi connectivity index (χ1) is 12.5. The maximum Gasteiger partial charge on any atom is 0.240 e. The first-order valence-corrected chi connectivity index (χ1v) is 9.48. The number of carbonyl (C=O) groups excluding carboxylic acids is 1. The monoisotopic (exact) mass is 369 g/mol. The van der Waals surface area contributed by atoms with Gasteiger partial charge in [-0.15, -0.1) is 5.11 Å². The molecule has 2 atom stereocenters. The van der Waals surface area contributed by atoms with Crippen LogP contribution in [0.25, 0.3) is 0 Å². The number of nitrogens with one attached hydrogen (secondary N) is 2. The van der Waals surface area contributed by atoms with Gasteiger partial charge in [0.15, 0.2) is 0 Å². The molecule has 148 valence electrons. The van der Waals surface area contributed by atoms with Crippen molar-refractivity contribution in [3.05, 3.63) is 0 Å². The van der Waals surface area contributed by atoms with E-state index in [1.165, 1.54) is 6.92 Å². The van der Waals surface area contributed by atoms with Gasteiger partial charge in [-0.05, 0) is 39.8 Å². The number of nitrogens with zero attached hydrogens (tertiary/aromatic N) is 5. The maximum atomic E-state index is 13.2. The van der Waals surface area contributed by atoms with E-state index in [1.54, 1.807) is 14.0 Å². The molecule has 26 heavy (non-hydrogen) atoms. The number of azo groups is 1. The van der Waals surface area contributed by atoms with E-state index in [4.69, 9.17) is 0 Å². The summed E-state index contributed by atoms with van der Waals surface area (Å²) in [6, 6.07) is -0.184. The number of piperidine rings is 1. The van der Waals surface area contributed by atoms with Crippen molar-refractivity contribution >= 4 is 11.9 Å². The highest BCUT2D eigenvalue weighted by Crippen LogP contribution is 2.08. The number of guanidine groups is 1. The minimum absolute atomic E-state index is 0.0974. The minimum Gasteiger partial charge on any atom is -0.352 e. The predicted octanol–water partition coefficient (Wildman–Crippen LogP) is 0.657. The highest BCUT2D eigenvalue weighted by atomic mass is 19.1. The number of amides is 1. The quantitative estimate of drug-likeness (QED) is 0.424. The molecule has 0 aromatic rings. The Balaban J connectivity index is 1.74. The van der Waals surface area contributed by atoms with E-state index in [1.807, 2.05) is 4.90 Å². The normalized spacial score (nSPS) is 23.2. The van der Waals surface area contributed by atoms with Gasteiger partial charge in [-0.3, -0.25) is 14.7 Å². The summed E-state index contributed by atoms with van der Waals surface area (Å²) in [7, 11) is 1.66.